The van der Waals surface area contributed by atoms with E-state index in [4.69, 9.17) is 4.74 Å². The fourth-order valence-corrected chi connectivity index (χ4v) is 3.99. The summed E-state index contributed by atoms with van der Waals surface area (Å²) in [7, 11) is 1.54. The molecule has 2 atom stereocenters. The maximum atomic E-state index is 12.6. The number of carbonyl (C=O) groups is 4. The van der Waals surface area contributed by atoms with Crippen LogP contribution in [-0.4, -0.2) is 67.9 Å². The second kappa shape index (κ2) is 9.60. The van der Waals surface area contributed by atoms with E-state index in [1.165, 1.54) is 11.9 Å². The van der Waals surface area contributed by atoms with Gasteiger partial charge in [0.1, 0.15) is 11.8 Å². The summed E-state index contributed by atoms with van der Waals surface area (Å²) in [4.78, 5) is 52.6. The molecule has 2 aliphatic heterocycles. The minimum atomic E-state index is -0.548. The largest absolute Gasteiger partial charge is 0.492 e. The third-order valence-electron chi connectivity index (χ3n) is 5.49. The lowest BCUT2D eigenvalue weighted by Crippen LogP contribution is -2.48. The molecular formula is C21H28N4O5. The van der Waals surface area contributed by atoms with Crippen LogP contribution in [0.25, 0.3) is 0 Å². The summed E-state index contributed by atoms with van der Waals surface area (Å²) in [6.45, 7) is 2.88. The van der Waals surface area contributed by atoms with Gasteiger partial charge in [0.25, 0.3) is 0 Å². The molecule has 9 heteroatoms. The fraction of sp³-hybridized carbons (Fsp3) is 0.524. The number of benzene rings is 1. The molecule has 2 aliphatic rings. The van der Waals surface area contributed by atoms with Crippen LogP contribution in [-0.2, 0) is 19.2 Å². The molecule has 0 spiro atoms. The summed E-state index contributed by atoms with van der Waals surface area (Å²) in [6, 6.07) is 6.74. The quantitative estimate of drug-likeness (QED) is 0.664. The molecule has 0 aromatic heterocycles. The van der Waals surface area contributed by atoms with Crippen molar-refractivity contribution in [3.05, 3.63) is 24.3 Å². The SMILES string of the molecule is CCOc1ccccc1N1CC(C(=O)NCC(=O)N2CCCC2C(=O)NC)CC1=O. The van der Waals surface area contributed by atoms with Crippen LogP contribution in [0.15, 0.2) is 24.3 Å². The summed E-state index contributed by atoms with van der Waals surface area (Å²) in [5, 5.41) is 5.21. The molecule has 2 N–H and O–H groups in total. The number of hydrogen-bond acceptors (Lipinski definition) is 5. The van der Waals surface area contributed by atoms with Gasteiger partial charge in [0.2, 0.25) is 23.6 Å². The molecule has 162 valence electrons. The average Bonchev–Trinajstić information content (AvgIpc) is 3.39. The summed E-state index contributed by atoms with van der Waals surface area (Å²) < 4.78 is 5.59. The predicted molar refractivity (Wildman–Crippen MR) is 110 cm³/mol. The Kier molecular flexibility index (Phi) is 6.91. The smallest absolute Gasteiger partial charge is 0.242 e. The number of carbonyl (C=O) groups excluding carboxylic acids is 4. The monoisotopic (exact) mass is 416 g/mol. The molecule has 0 saturated carbocycles. The van der Waals surface area contributed by atoms with E-state index in [-0.39, 0.29) is 43.1 Å². The lowest BCUT2D eigenvalue weighted by atomic mass is 10.1. The molecule has 0 radical (unpaired) electrons. The minimum absolute atomic E-state index is 0.0745. The van der Waals surface area contributed by atoms with Crippen LogP contribution in [0.1, 0.15) is 26.2 Å². The number of hydrogen-bond donors (Lipinski definition) is 2. The first-order valence-electron chi connectivity index (χ1n) is 10.3. The van der Waals surface area contributed by atoms with Crippen LogP contribution in [0.5, 0.6) is 5.75 Å². The molecule has 2 fully saturated rings. The summed E-state index contributed by atoms with van der Waals surface area (Å²) in [6.07, 6.45) is 1.44. The van der Waals surface area contributed by atoms with Crippen LogP contribution < -0.4 is 20.3 Å². The van der Waals surface area contributed by atoms with Gasteiger partial charge >= 0.3 is 0 Å². The highest BCUT2D eigenvalue weighted by molar-refractivity contribution is 6.01. The number of likely N-dealkylation sites (tertiary alicyclic amines) is 1. The van der Waals surface area contributed by atoms with Crippen molar-refractivity contribution < 1.29 is 23.9 Å². The Balaban J connectivity index is 1.58. The van der Waals surface area contributed by atoms with Crippen molar-refractivity contribution in [2.24, 2.45) is 5.92 Å². The number of anilines is 1. The number of nitrogens with one attached hydrogen (secondary N) is 2. The van der Waals surface area contributed by atoms with E-state index in [0.29, 0.717) is 31.0 Å². The Bertz CT molecular complexity index is 827. The van der Waals surface area contributed by atoms with Crippen LogP contribution in [0.3, 0.4) is 0 Å². The van der Waals surface area contributed by atoms with Gasteiger partial charge < -0.3 is 25.2 Å². The highest BCUT2D eigenvalue weighted by Gasteiger charge is 2.37. The first-order chi connectivity index (χ1) is 14.5. The van der Waals surface area contributed by atoms with Gasteiger partial charge in [-0.05, 0) is 31.9 Å². The molecule has 2 heterocycles. The Morgan fingerprint density at radius 1 is 1.20 bits per heavy atom. The molecule has 3 rings (SSSR count). The van der Waals surface area contributed by atoms with Crippen LogP contribution in [0.4, 0.5) is 5.69 Å². The van der Waals surface area contributed by atoms with Crippen molar-refractivity contribution in [3.63, 3.8) is 0 Å². The van der Waals surface area contributed by atoms with Crippen molar-refractivity contribution in [2.45, 2.75) is 32.2 Å². The standard InChI is InChI=1S/C21H28N4O5/c1-3-30-17-9-5-4-7-15(17)25-13-14(11-18(25)26)20(28)23-12-19(27)24-10-6-8-16(24)21(29)22-2/h4-5,7,9,14,16H,3,6,8,10-13H2,1-2H3,(H,22,29)(H,23,28). The molecule has 9 nitrogen and oxygen atoms in total. The lowest BCUT2D eigenvalue weighted by Gasteiger charge is -2.24. The van der Waals surface area contributed by atoms with Crippen LogP contribution >= 0.6 is 0 Å². The van der Waals surface area contributed by atoms with Gasteiger partial charge in [-0.25, -0.2) is 0 Å². The molecule has 0 bridgehead atoms. The second-order valence-corrected chi connectivity index (χ2v) is 7.38. The normalized spacial score (nSPS) is 20.9. The van der Waals surface area contributed by atoms with Crippen molar-refractivity contribution in [3.8, 4) is 5.75 Å². The zero-order chi connectivity index (χ0) is 21.7. The third kappa shape index (κ3) is 4.55. The Morgan fingerprint density at radius 3 is 2.70 bits per heavy atom. The highest BCUT2D eigenvalue weighted by Crippen LogP contribution is 2.33. The maximum Gasteiger partial charge on any atom is 0.242 e. The van der Waals surface area contributed by atoms with E-state index in [1.54, 1.807) is 17.0 Å². The molecule has 1 aromatic carbocycles. The summed E-state index contributed by atoms with van der Waals surface area (Å²) in [5.41, 5.74) is 0.640. The number of rotatable bonds is 7. The van der Waals surface area contributed by atoms with Crippen molar-refractivity contribution in [1.82, 2.24) is 15.5 Å². The number of amides is 4. The van der Waals surface area contributed by atoms with Gasteiger partial charge in [0.15, 0.2) is 0 Å². The van der Waals surface area contributed by atoms with Gasteiger partial charge in [0, 0.05) is 26.6 Å². The lowest BCUT2D eigenvalue weighted by molar-refractivity contribution is -0.138. The van der Waals surface area contributed by atoms with E-state index in [1.807, 2.05) is 19.1 Å². The van der Waals surface area contributed by atoms with E-state index < -0.39 is 12.0 Å². The molecule has 1 aromatic rings. The molecule has 2 unspecified atom stereocenters. The van der Waals surface area contributed by atoms with E-state index in [0.717, 1.165) is 6.42 Å². The van der Waals surface area contributed by atoms with Crippen LogP contribution in [0.2, 0.25) is 0 Å². The molecule has 0 aliphatic carbocycles. The summed E-state index contributed by atoms with van der Waals surface area (Å²) in [5.74, 6) is -0.946. The van der Waals surface area contributed by atoms with E-state index in [9.17, 15) is 19.2 Å². The van der Waals surface area contributed by atoms with Crippen molar-refractivity contribution in [2.75, 3.05) is 38.2 Å². The Labute approximate surface area is 175 Å². The molecule has 2 saturated heterocycles. The van der Waals surface area contributed by atoms with Crippen LogP contribution in [0, 0.1) is 5.92 Å². The average molecular weight is 416 g/mol. The van der Waals surface area contributed by atoms with Gasteiger partial charge in [-0.3, -0.25) is 19.2 Å². The molecule has 4 amide bonds. The van der Waals surface area contributed by atoms with E-state index in [2.05, 4.69) is 10.6 Å². The zero-order valence-electron chi connectivity index (χ0n) is 17.3. The fourth-order valence-electron chi connectivity index (χ4n) is 3.99. The highest BCUT2D eigenvalue weighted by atomic mass is 16.5. The number of nitrogens with zero attached hydrogens (tertiary/aromatic N) is 2. The first kappa shape index (κ1) is 21.6. The topological polar surface area (TPSA) is 108 Å². The van der Waals surface area contributed by atoms with E-state index >= 15 is 0 Å². The van der Waals surface area contributed by atoms with Gasteiger partial charge in [-0.2, -0.15) is 0 Å². The minimum Gasteiger partial charge on any atom is -0.492 e. The second-order valence-electron chi connectivity index (χ2n) is 7.38. The number of para-hydroxylation sites is 2. The Morgan fingerprint density at radius 2 is 1.97 bits per heavy atom. The van der Waals surface area contributed by atoms with Gasteiger partial charge in [-0.1, -0.05) is 12.1 Å². The summed E-state index contributed by atoms with van der Waals surface area (Å²) >= 11 is 0. The molecule has 30 heavy (non-hydrogen) atoms. The first-order valence-corrected chi connectivity index (χ1v) is 10.3. The predicted octanol–water partition coefficient (Wildman–Crippen LogP) is 0.291. The molecular weight excluding hydrogens is 388 g/mol. The third-order valence-corrected chi connectivity index (χ3v) is 5.49. The van der Waals surface area contributed by atoms with Crippen molar-refractivity contribution in [1.29, 1.82) is 0 Å². The number of likely N-dealkylation sites (N-methyl/N-ethyl adjacent to an activating group) is 1. The maximum absolute atomic E-state index is 12.6. The van der Waals surface area contributed by atoms with Gasteiger partial charge in [0.05, 0.1) is 24.8 Å². The number of ether oxygens (including phenoxy) is 1. The Hall–Kier alpha value is -3.10. The van der Waals surface area contributed by atoms with Gasteiger partial charge in [-0.15, -0.1) is 0 Å². The zero-order valence-corrected chi connectivity index (χ0v) is 17.3. The van der Waals surface area contributed by atoms with Crippen molar-refractivity contribution >= 4 is 29.3 Å².